The van der Waals surface area contributed by atoms with Gasteiger partial charge in [0.15, 0.2) is 0 Å². The van der Waals surface area contributed by atoms with E-state index in [1.54, 1.807) is 18.6 Å². The summed E-state index contributed by atoms with van der Waals surface area (Å²) in [7, 11) is 0. The van der Waals surface area contributed by atoms with Crippen LogP contribution in [-0.4, -0.2) is 47.0 Å². The highest BCUT2D eigenvalue weighted by Crippen LogP contribution is 2.20. The third kappa shape index (κ3) is 3.42. The van der Waals surface area contributed by atoms with E-state index < -0.39 is 0 Å². The van der Waals surface area contributed by atoms with E-state index in [4.69, 9.17) is 0 Å². The Kier molecular flexibility index (Phi) is 4.60. The molecule has 1 fully saturated rings. The van der Waals surface area contributed by atoms with Crippen LogP contribution in [0, 0.1) is 0 Å². The van der Waals surface area contributed by atoms with E-state index >= 15 is 0 Å². The van der Waals surface area contributed by atoms with E-state index in [9.17, 15) is 4.79 Å². The largest absolute Gasteiger partial charge is 0.353 e. The molecule has 5 heteroatoms. The maximum Gasteiger partial charge on any atom is 0.255 e. The van der Waals surface area contributed by atoms with Gasteiger partial charge in [0.2, 0.25) is 0 Å². The van der Waals surface area contributed by atoms with Crippen LogP contribution in [0.4, 0.5) is 5.82 Å². The molecular weight excluding hydrogens is 324 g/mol. The number of rotatable bonds is 3. The zero-order chi connectivity index (χ0) is 17.8. The van der Waals surface area contributed by atoms with Crippen LogP contribution in [0.25, 0.3) is 11.1 Å². The fourth-order valence-corrected chi connectivity index (χ4v) is 3.21. The number of amides is 1. The minimum Gasteiger partial charge on any atom is -0.353 e. The number of hydrogen-bond donors (Lipinski definition) is 0. The summed E-state index contributed by atoms with van der Waals surface area (Å²) in [5.74, 6) is 1.00. The van der Waals surface area contributed by atoms with Crippen molar-refractivity contribution in [1.82, 2.24) is 14.9 Å². The van der Waals surface area contributed by atoms with Crippen LogP contribution in [0.5, 0.6) is 0 Å². The predicted octanol–water partition coefficient (Wildman–Crippen LogP) is 3.11. The van der Waals surface area contributed by atoms with Gasteiger partial charge in [-0.05, 0) is 23.8 Å². The SMILES string of the molecule is O=C(c1cncc(-c2ccccc2)c1)N1CCN(c2ccccn2)CC1. The molecule has 0 saturated carbocycles. The molecule has 1 aliphatic rings. The van der Waals surface area contributed by atoms with E-state index in [1.165, 1.54) is 0 Å². The third-order valence-electron chi connectivity index (χ3n) is 4.63. The molecule has 1 aromatic carbocycles. The molecule has 0 aliphatic carbocycles. The minimum atomic E-state index is 0.0379. The second-order valence-electron chi connectivity index (χ2n) is 6.30. The Labute approximate surface area is 152 Å². The van der Waals surface area contributed by atoms with E-state index in [2.05, 4.69) is 14.9 Å². The van der Waals surface area contributed by atoms with Crippen molar-refractivity contribution in [1.29, 1.82) is 0 Å². The van der Waals surface area contributed by atoms with Gasteiger partial charge in [-0.25, -0.2) is 4.98 Å². The van der Waals surface area contributed by atoms with Gasteiger partial charge in [-0.2, -0.15) is 0 Å². The van der Waals surface area contributed by atoms with Crippen molar-refractivity contribution in [2.45, 2.75) is 0 Å². The molecule has 3 aromatic rings. The Balaban J connectivity index is 1.46. The molecular formula is C21H20N4O. The van der Waals surface area contributed by atoms with Gasteiger partial charge in [0.25, 0.3) is 5.91 Å². The first kappa shape index (κ1) is 16.3. The molecule has 5 nitrogen and oxygen atoms in total. The van der Waals surface area contributed by atoms with Crippen LogP contribution in [0.15, 0.2) is 73.2 Å². The molecule has 0 unspecified atom stereocenters. The predicted molar refractivity (Wildman–Crippen MR) is 102 cm³/mol. The molecule has 3 heterocycles. The van der Waals surface area contributed by atoms with E-state index in [-0.39, 0.29) is 5.91 Å². The van der Waals surface area contributed by atoms with Gasteiger partial charge < -0.3 is 9.80 Å². The number of nitrogens with zero attached hydrogens (tertiary/aromatic N) is 4. The second-order valence-corrected chi connectivity index (χ2v) is 6.30. The Bertz CT molecular complexity index is 875. The summed E-state index contributed by atoms with van der Waals surface area (Å²) >= 11 is 0. The number of anilines is 1. The standard InChI is InChI=1S/C21H20N4O/c26-21(19-14-18(15-22-16-19)17-6-2-1-3-7-17)25-12-10-24(11-13-25)20-8-4-5-9-23-20/h1-9,14-16H,10-13H2. The van der Waals surface area contributed by atoms with Crippen molar-refractivity contribution < 1.29 is 4.79 Å². The highest BCUT2D eigenvalue weighted by Gasteiger charge is 2.23. The third-order valence-corrected chi connectivity index (χ3v) is 4.63. The van der Waals surface area contributed by atoms with Crippen molar-refractivity contribution in [2.24, 2.45) is 0 Å². The lowest BCUT2D eigenvalue weighted by molar-refractivity contribution is 0.0746. The van der Waals surface area contributed by atoms with Gasteiger partial charge in [0.1, 0.15) is 5.82 Å². The summed E-state index contributed by atoms with van der Waals surface area (Å²) in [6.45, 7) is 2.94. The molecule has 0 bridgehead atoms. The van der Waals surface area contributed by atoms with Crippen LogP contribution in [0.2, 0.25) is 0 Å². The lowest BCUT2D eigenvalue weighted by atomic mass is 10.1. The van der Waals surface area contributed by atoms with Crippen molar-refractivity contribution in [3.05, 3.63) is 78.8 Å². The first-order valence-electron chi connectivity index (χ1n) is 8.77. The summed E-state index contributed by atoms with van der Waals surface area (Å²) in [6.07, 6.45) is 5.25. The van der Waals surface area contributed by atoms with E-state index in [0.29, 0.717) is 18.7 Å². The molecule has 1 saturated heterocycles. The second kappa shape index (κ2) is 7.35. The normalized spacial score (nSPS) is 14.3. The first-order valence-corrected chi connectivity index (χ1v) is 8.77. The van der Waals surface area contributed by atoms with Crippen molar-refractivity contribution in [3.63, 3.8) is 0 Å². The summed E-state index contributed by atoms with van der Waals surface area (Å²) < 4.78 is 0. The van der Waals surface area contributed by atoms with E-state index in [1.807, 2.05) is 59.5 Å². The van der Waals surface area contributed by atoms with Crippen molar-refractivity contribution >= 4 is 11.7 Å². The lowest BCUT2D eigenvalue weighted by Crippen LogP contribution is -2.49. The molecule has 0 N–H and O–H groups in total. The molecule has 26 heavy (non-hydrogen) atoms. The number of carbonyl (C=O) groups excluding carboxylic acids is 1. The summed E-state index contributed by atoms with van der Waals surface area (Å²) in [6, 6.07) is 17.8. The van der Waals surface area contributed by atoms with Gasteiger partial charge >= 0.3 is 0 Å². The average molecular weight is 344 g/mol. The first-order chi connectivity index (χ1) is 12.8. The fraction of sp³-hybridized carbons (Fsp3) is 0.190. The highest BCUT2D eigenvalue weighted by molar-refractivity contribution is 5.95. The van der Waals surface area contributed by atoms with Crippen molar-refractivity contribution in [2.75, 3.05) is 31.1 Å². The molecule has 1 amide bonds. The minimum absolute atomic E-state index is 0.0379. The molecule has 0 atom stereocenters. The van der Waals surface area contributed by atoms with Gasteiger partial charge in [-0.3, -0.25) is 9.78 Å². The number of aromatic nitrogens is 2. The van der Waals surface area contributed by atoms with Gasteiger partial charge in [0, 0.05) is 50.3 Å². The van der Waals surface area contributed by atoms with Gasteiger partial charge in [-0.15, -0.1) is 0 Å². The number of pyridine rings is 2. The molecule has 1 aliphatic heterocycles. The number of carbonyl (C=O) groups is 1. The Hall–Kier alpha value is -3.21. The van der Waals surface area contributed by atoms with Crippen LogP contribution in [0.1, 0.15) is 10.4 Å². The summed E-state index contributed by atoms with van der Waals surface area (Å²) in [5.41, 5.74) is 2.66. The highest BCUT2D eigenvalue weighted by atomic mass is 16.2. The zero-order valence-electron chi connectivity index (χ0n) is 14.5. The van der Waals surface area contributed by atoms with Crippen LogP contribution in [-0.2, 0) is 0 Å². The molecule has 2 aromatic heterocycles. The monoisotopic (exact) mass is 344 g/mol. The maximum absolute atomic E-state index is 12.9. The van der Waals surface area contributed by atoms with Crippen LogP contribution >= 0.6 is 0 Å². The number of piperazine rings is 1. The zero-order valence-corrected chi connectivity index (χ0v) is 14.5. The Morgan fingerprint density at radius 3 is 2.35 bits per heavy atom. The Morgan fingerprint density at radius 2 is 1.62 bits per heavy atom. The number of hydrogen-bond acceptors (Lipinski definition) is 4. The quantitative estimate of drug-likeness (QED) is 0.732. The summed E-state index contributed by atoms with van der Waals surface area (Å²) in [5, 5.41) is 0. The molecule has 4 rings (SSSR count). The maximum atomic E-state index is 12.9. The average Bonchev–Trinajstić information content (AvgIpc) is 2.75. The number of benzene rings is 1. The van der Waals surface area contributed by atoms with Gasteiger partial charge in [-0.1, -0.05) is 36.4 Å². The van der Waals surface area contributed by atoms with Gasteiger partial charge in [0.05, 0.1) is 5.56 Å². The van der Waals surface area contributed by atoms with Crippen molar-refractivity contribution in [3.8, 4) is 11.1 Å². The van der Waals surface area contributed by atoms with Crippen LogP contribution in [0.3, 0.4) is 0 Å². The van der Waals surface area contributed by atoms with Crippen LogP contribution < -0.4 is 4.90 Å². The smallest absolute Gasteiger partial charge is 0.255 e. The topological polar surface area (TPSA) is 49.3 Å². The molecule has 0 radical (unpaired) electrons. The fourth-order valence-electron chi connectivity index (χ4n) is 3.21. The summed E-state index contributed by atoms with van der Waals surface area (Å²) in [4.78, 5) is 25.6. The lowest BCUT2D eigenvalue weighted by Gasteiger charge is -2.35. The molecule has 130 valence electrons. The molecule has 0 spiro atoms. The Morgan fingerprint density at radius 1 is 0.846 bits per heavy atom. The van der Waals surface area contributed by atoms with E-state index in [0.717, 1.165) is 30.0 Å².